The highest BCUT2D eigenvalue weighted by molar-refractivity contribution is 6.33. The number of pyridine rings is 1. The Morgan fingerprint density at radius 2 is 1.85 bits per heavy atom. The highest BCUT2D eigenvalue weighted by Gasteiger charge is 2.22. The fraction of sp³-hybridized carbons (Fsp3) is 0.316. The van der Waals surface area contributed by atoms with Gasteiger partial charge in [0.15, 0.2) is 5.65 Å². The minimum absolute atomic E-state index is 0.0115. The summed E-state index contributed by atoms with van der Waals surface area (Å²) in [6, 6.07) is 9.41. The summed E-state index contributed by atoms with van der Waals surface area (Å²) in [4.78, 5) is 26.0. The molecule has 1 aromatic carbocycles. The summed E-state index contributed by atoms with van der Waals surface area (Å²) in [5.74, 6) is 0.750. The van der Waals surface area contributed by atoms with Gasteiger partial charge in [0.2, 0.25) is 0 Å². The summed E-state index contributed by atoms with van der Waals surface area (Å²) < 4.78 is 1.90. The third-order valence-corrected chi connectivity index (χ3v) is 5.19. The average molecular weight is 370 g/mol. The number of likely N-dealkylation sites (N-methyl/N-ethyl adjacent to an activating group) is 1. The number of carbonyl (C=O) groups is 1. The molecular weight excluding hydrogens is 350 g/mol. The molecule has 0 atom stereocenters. The number of fused-ring (bicyclic) bond motifs is 1. The van der Waals surface area contributed by atoms with E-state index in [-0.39, 0.29) is 5.91 Å². The van der Waals surface area contributed by atoms with Gasteiger partial charge in [-0.25, -0.2) is 9.97 Å². The van der Waals surface area contributed by atoms with E-state index in [0.717, 1.165) is 43.2 Å². The molecule has 3 aromatic rings. The second-order valence-corrected chi connectivity index (χ2v) is 7.04. The van der Waals surface area contributed by atoms with Gasteiger partial charge in [0.25, 0.3) is 5.91 Å². The molecule has 0 bridgehead atoms. The van der Waals surface area contributed by atoms with Crippen LogP contribution in [-0.4, -0.2) is 63.5 Å². The molecule has 1 fully saturated rings. The predicted molar refractivity (Wildman–Crippen MR) is 102 cm³/mol. The molecule has 0 unspecified atom stereocenters. The summed E-state index contributed by atoms with van der Waals surface area (Å²) in [7, 11) is 3.97. The van der Waals surface area contributed by atoms with Gasteiger partial charge in [-0.3, -0.25) is 4.79 Å². The lowest BCUT2D eigenvalue weighted by Crippen LogP contribution is -2.47. The fourth-order valence-corrected chi connectivity index (χ4v) is 3.49. The first kappa shape index (κ1) is 17.0. The third-order valence-electron chi connectivity index (χ3n) is 4.86. The van der Waals surface area contributed by atoms with Crippen LogP contribution >= 0.6 is 11.6 Å². The summed E-state index contributed by atoms with van der Waals surface area (Å²) in [5, 5.41) is 0.639. The van der Waals surface area contributed by atoms with Gasteiger partial charge in [0.1, 0.15) is 11.3 Å². The van der Waals surface area contributed by atoms with Crippen molar-refractivity contribution in [1.82, 2.24) is 24.3 Å². The molecule has 0 radical (unpaired) electrons. The van der Waals surface area contributed by atoms with Crippen molar-refractivity contribution in [3.8, 4) is 11.4 Å². The van der Waals surface area contributed by atoms with Crippen molar-refractivity contribution in [2.45, 2.75) is 0 Å². The zero-order valence-corrected chi connectivity index (χ0v) is 15.6. The fourth-order valence-electron chi connectivity index (χ4n) is 3.27. The normalized spacial score (nSPS) is 15.6. The molecule has 26 heavy (non-hydrogen) atoms. The number of aryl methyl sites for hydroxylation is 1. The van der Waals surface area contributed by atoms with Crippen molar-refractivity contribution in [1.29, 1.82) is 0 Å². The molecule has 7 heteroatoms. The number of piperazine rings is 1. The minimum atomic E-state index is 0.0115. The second kappa shape index (κ2) is 6.70. The number of benzene rings is 1. The molecule has 0 aliphatic carbocycles. The molecule has 3 heterocycles. The van der Waals surface area contributed by atoms with Crippen LogP contribution in [0.3, 0.4) is 0 Å². The van der Waals surface area contributed by atoms with Crippen LogP contribution in [0.1, 0.15) is 10.4 Å². The van der Waals surface area contributed by atoms with Crippen molar-refractivity contribution in [3.63, 3.8) is 0 Å². The number of rotatable bonds is 2. The van der Waals surface area contributed by atoms with Gasteiger partial charge in [0, 0.05) is 45.0 Å². The van der Waals surface area contributed by atoms with Crippen molar-refractivity contribution in [2.75, 3.05) is 33.2 Å². The zero-order chi connectivity index (χ0) is 18.3. The number of aromatic nitrogens is 3. The number of halogens is 1. The molecular formula is C19H20ClN5O. The van der Waals surface area contributed by atoms with E-state index < -0.39 is 0 Å². The lowest BCUT2D eigenvalue weighted by molar-refractivity contribution is 0.0664. The first-order chi connectivity index (χ1) is 12.5. The first-order valence-electron chi connectivity index (χ1n) is 8.60. The van der Waals surface area contributed by atoms with E-state index in [1.165, 1.54) is 0 Å². The monoisotopic (exact) mass is 369 g/mol. The lowest BCUT2D eigenvalue weighted by Gasteiger charge is -2.32. The minimum Gasteiger partial charge on any atom is -0.336 e. The molecule has 0 saturated carbocycles. The topological polar surface area (TPSA) is 54.3 Å². The Bertz CT molecular complexity index is 975. The van der Waals surface area contributed by atoms with Crippen LogP contribution in [0.5, 0.6) is 0 Å². The summed E-state index contributed by atoms with van der Waals surface area (Å²) in [5.41, 5.74) is 2.85. The SMILES string of the molecule is CN1CCN(C(=O)c2cnc3c(c2)nc(-c2ccccc2Cl)n3C)CC1. The maximum atomic E-state index is 12.8. The van der Waals surface area contributed by atoms with Crippen molar-refractivity contribution >= 4 is 28.7 Å². The molecule has 6 nitrogen and oxygen atoms in total. The molecule has 0 spiro atoms. The van der Waals surface area contributed by atoms with Crippen molar-refractivity contribution < 1.29 is 4.79 Å². The molecule has 134 valence electrons. The van der Waals surface area contributed by atoms with Gasteiger partial charge < -0.3 is 14.4 Å². The smallest absolute Gasteiger partial charge is 0.255 e. The van der Waals surface area contributed by atoms with Gasteiger partial charge in [-0.2, -0.15) is 0 Å². The Labute approximate surface area is 157 Å². The Morgan fingerprint density at radius 1 is 1.12 bits per heavy atom. The molecule has 2 aromatic heterocycles. The van der Waals surface area contributed by atoms with Gasteiger partial charge in [0.05, 0.1) is 10.6 Å². The Hall–Kier alpha value is -2.44. The maximum Gasteiger partial charge on any atom is 0.255 e. The third kappa shape index (κ3) is 2.95. The van der Waals surface area contributed by atoms with Gasteiger partial charge >= 0.3 is 0 Å². The van der Waals surface area contributed by atoms with Gasteiger partial charge in [-0.05, 0) is 25.2 Å². The average Bonchev–Trinajstić information content (AvgIpc) is 2.98. The summed E-state index contributed by atoms with van der Waals surface area (Å²) >= 11 is 6.31. The van der Waals surface area contributed by atoms with Crippen molar-refractivity contribution in [3.05, 3.63) is 47.1 Å². The molecule has 1 saturated heterocycles. The maximum absolute atomic E-state index is 12.8. The van der Waals surface area contributed by atoms with Gasteiger partial charge in [-0.1, -0.05) is 23.7 Å². The van der Waals surface area contributed by atoms with Crippen molar-refractivity contribution in [2.24, 2.45) is 7.05 Å². The molecule has 0 N–H and O–H groups in total. The Kier molecular flexibility index (Phi) is 4.38. The van der Waals surface area contributed by atoms with E-state index in [4.69, 9.17) is 11.6 Å². The predicted octanol–water partition coefficient (Wildman–Crippen LogP) is 2.68. The number of carbonyl (C=O) groups excluding carboxylic acids is 1. The van der Waals surface area contributed by atoms with Crippen LogP contribution in [-0.2, 0) is 7.05 Å². The van der Waals surface area contributed by atoms with Crippen LogP contribution in [0.4, 0.5) is 0 Å². The van der Waals surface area contributed by atoms with E-state index in [2.05, 4.69) is 21.9 Å². The molecule has 1 aliphatic heterocycles. The highest BCUT2D eigenvalue weighted by Crippen LogP contribution is 2.29. The number of imidazole rings is 1. The molecule has 4 rings (SSSR count). The molecule has 1 aliphatic rings. The van der Waals surface area contributed by atoms with Crippen LogP contribution in [0.15, 0.2) is 36.5 Å². The summed E-state index contributed by atoms with van der Waals surface area (Å²) in [6.07, 6.45) is 1.64. The van der Waals surface area contributed by atoms with E-state index in [1.807, 2.05) is 46.8 Å². The lowest BCUT2D eigenvalue weighted by atomic mass is 10.2. The van der Waals surface area contributed by atoms with E-state index >= 15 is 0 Å². The zero-order valence-electron chi connectivity index (χ0n) is 14.8. The van der Waals surface area contributed by atoms with E-state index in [0.29, 0.717) is 16.1 Å². The Balaban J connectivity index is 1.70. The number of nitrogens with zero attached hydrogens (tertiary/aromatic N) is 5. The number of hydrogen-bond donors (Lipinski definition) is 0. The first-order valence-corrected chi connectivity index (χ1v) is 8.97. The van der Waals surface area contributed by atoms with Crippen LogP contribution < -0.4 is 0 Å². The Morgan fingerprint density at radius 3 is 2.58 bits per heavy atom. The van der Waals surface area contributed by atoms with E-state index in [9.17, 15) is 4.79 Å². The highest BCUT2D eigenvalue weighted by atomic mass is 35.5. The van der Waals surface area contributed by atoms with Crippen LogP contribution in [0, 0.1) is 0 Å². The number of amides is 1. The molecule has 1 amide bonds. The van der Waals surface area contributed by atoms with Gasteiger partial charge in [-0.15, -0.1) is 0 Å². The second-order valence-electron chi connectivity index (χ2n) is 6.64. The quantitative estimate of drug-likeness (QED) is 0.697. The van der Waals surface area contributed by atoms with E-state index in [1.54, 1.807) is 6.20 Å². The van der Waals surface area contributed by atoms with Crippen LogP contribution in [0.2, 0.25) is 5.02 Å². The number of hydrogen-bond acceptors (Lipinski definition) is 4. The largest absolute Gasteiger partial charge is 0.336 e. The van der Waals surface area contributed by atoms with Crippen LogP contribution in [0.25, 0.3) is 22.6 Å². The summed E-state index contributed by atoms with van der Waals surface area (Å²) in [6.45, 7) is 3.25. The standard InChI is InChI=1S/C19H20ClN5O/c1-23-7-9-25(10-8-23)19(26)13-11-16-18(21-12-13)24(2)17(22-16)14-5-3-4-6-15(14)20/h3-6,11-12H,7-10H2,1-2H3.